The van der Waals surface area contributed by atoms with Crippen LogP contribution in [0.25, 0.3) is 11.1 Å². The number of rotatable bonds is 2. The fourth-order valence-electron chi connectivity index (χ4n) is 1.79. The van der Waals surface area contributed by atoms with Crippen molar-refractivity contribution in [3.63, 3.8) is 0 Å². The maximum absolute atomic E-state index is 9.26. The number of benzene rings is 1. The second-order valence-corrected chi connectivity index (χ2v) is 5.47. The van der Waals surface area contributed by atoms with Crippen LogP contribution in [0, 0.1) is 11.3 Å². The Morgan fingerprint density at radius 3 is 2.37 bits per heavy atom. The first-order valence-corrected chi connectivity index (χ1v) is 6.23. The normalized spacial score (nSPS) is 10.8. The molecule has 0 spiro atoms. The maximum Gasteiger partial charge on any atom is 0.144 e. The summed E-state index contributed by atoms with van der Waals surface area (Å²) in [6.45, 7) is 6.13. The Bertz CT molecular complexity index is 604. The Balaban J connectivity index is 2.40. The quantitative estimate of drug-likeness (QED) is 0.882. The van der Waals surface area contributed by atoms with Gasteiger partial charge in [0.05, 0.1) is 5.56 Å². The highest BCUT2D eigenvalue weighted by Crippen LogP contribution is 2.24. The molecule has 0 amide bonds. The van der Waals surface area contributed by atoms with Crippen molar-refractivity contribution in [2.75, 3.05) is 5.32 Å². The fourth-order valence-corrected chi connectivity index (χ4v) is 1.79. The second-order valence-electron chi connectivity index (χ2n) is 5.47. The predicted octanol–water partition coefficient (Wildman–Crippen LogP) is 3.83. The summed E-state index contributed by atoms with van der Waals surface area (Å²) in [5, 5.41) is 12.5. The van der Waals surface area contributed by atoms with Crippen LogP contribution in [0.3, 0.4) is 0 Å². The zero-order valence-electron chi connectivity index (χ0n) is 11.4. The molecule has 2 rings (SSSR count). The predicted molar refractivity (Wildman–Crippen MR) is 77.8 cm³/mol. The van der Waals surface area contributed by atoms with Gasteiger partial charge in [-0.2, -0.15) is 5.26 Å². The molecule has 19 heavy (non-hydrogen) atoms. The minimum atomic E-state index is -0.118. The molecule has 1 aromatic heterocycles. The number of nitriles is 1. The molecule has 3 nitrogen and oxygen atoms in total. The molecule has 0 radical (unpaired) electrons. The van der Waals surface area contributed by atoms with Gasteiger partial charge >= 0.3 is 0 Å². The SMILES string of the molecule is CC(C)(C)Nc1ncc(-c2ccccc2)cc1C#N. The largest absolute Gasteiger partial charge is 0.364 e. The van der Waals surface area contributed by atoms with E-state index in [2.05, 4.69) is 16.4 Å². The lowest BCUT2D eigenvalue weighted by Gasteiger charge is -2.22. The lowest BCUT2D eigenvalue weighted by Crippen LogP contribution is -2.27. The number of pyridine rings is 1. The van der Waals surface area contributed by atoms with Crippen LogP contribution >= 0.6 is 0 Å². The van der Waals surface area contributed by atoms with Crippen molar-refractivity contribution in [2.45, 2.75) is 26.3 Å². The van der Waals surface area contributed by atoms with E-state index in [0.717, 1.165) is 11.1 Å². The fraction of sp³-hybridized carbons (Fsp3) is 0.250. The minimum absolute atomic E-state index is 0.118. The van der Waals surface area contributed by atoms with Gasteiger partial charge in [-0.3, -0.25) is 0 Å². The van der Waals surface area contributed by atoms with Crippen molar-refractivity contribution in [1.82, 2.24) is 4.98 Å². The van der Waals surface area contributed by atoms with E-state index in [1.54, 1.807) is 6.20 Å². The third kappa shape index (κ3) is 3.32. The molecule has 1 N–H and O–H groups in total. The van der Waals surface area contributed by atoms with Gasteiger partial charge < -0.3 is 5.32 Å². The van der Waals surface area contributed by atoms with Crippen molar-refractivity contribution in [3.8, 4) is 17.2 Å². The first kappa shape index (κ1) is 13.1. The Hall–Kier alpha value is -2.34. The van der Waals surface area contributed by atoms with E-state index >= 15 is 0 Å². The summed E-state index contributed by atoms with van der Waals surface area (Å²) < 4.78 is 0. The molecule has 0 saturated carbocycles. The summed E-state index contributed by atoms with van der Waals surface area (Å²) in [5.41, 5.74) is 2.47. The third-order valence-corrected chi connectivity index (χ3v) is 2.61. The number of nitrogens with one attached hydrogen (secondary N) is 1. The number of anilines is 1. The molecular formula is C16H17N3. The van der Waals surface area contributed by atoms with Gasteiger partial charge in [-0.15, -0.1) is 0 Å². The first-order valence-electron chi connectivity index (χ1n) is 6.23. The molecule has 0 atom stereocenters. The zero-order valence-corrected chi connectivity index (χ0v) is 11.4. The molecular weight excluding hydrogens is 234 g/mol. The Morgan fingerprint density at radius 2 is 1.79 bits per heavy atom. The summed E-state index contributed by atoms with van der Waals surface area (Å²) in [6.07, 6.45) is 1.80. The van der Waals surface area contributed by atoms with E-state index in [-0.39, 0.29) is 5.54 Å². The summed E-state index contributed by atoms with van der Waals surface area (Å²) in [5.74, 6) is 0.634. The summed E-state index contributed by atoms with van der Waals surface area (Å²) in [6, 6.07) is 14.0. The molecule has 0 unspecified atom stereocenters. The molecule has 0 aliphatic heterocycles. The summed E-state index contributed by atoms with van der Waals surface area (Å²) in [7, 11) is 0. The molecule has 2 aromatic rings. The molecule has 0 bridgehead atoms. The Kier molecular flexibility index (Phi) is 3.52. The van der Waals surface area contributed by atoms with Gasteiger partial charge in [0, 0.05) is 17.3 Å². The van der Waals surface area contributed by atoms with Crippen molar-refractivity contribution in [2.24, 2.45) is 0 Å². The summed E-state index contributed by atoms with van der Waals surface area (Å²) >= 11 is 0. The molecule has 1 heterocycles. The zero-order chi connectivity index (χ0) is 13.9. The van der Waals surface area contributed by atoms with Crippen LogP contribution in [-0.4, -0.2) is 10.5 Å². The first-order chi connectivity index (χ1) is 8.99. The number of nitrogens with zero attached hydrogens (tertiary/aromatic N) is 2. The molecule has 0 aliphatic carbocycles. The van der Waals surface area contributed by atoms with Crippen LogP contribution < -0.4 is 5.32 Å². The summed E-state index contributed by atoms with van der Waals surface area (Å²) in [4.78, 5) is 4.38. The number of hydrogen-bond acceptors (Lipinski definition) is 3. The van der Waals surface area contributed by atoms with Gasteiger partial charge in [-0.25, -0.2) is 4.98 Å². The van der Waals surface area contributed by atoms with Gasteiger partial charge in [-0.1, -0.05) is 30.3 Å². The van der Waals surface area contributed by atoms with Crippen LogP contribution in [0.2, 0.25) is 0 Å². The van der Waals surface area contributed by atoms with Gasteiger partial charge in [0.2, 0.25) is 0 Å². The van der Waals surface area contributed by atoms with Gasteiger partial charge in [0.25, 0.3) is 0 Å². The van der Waals surface area contributed by atoms with Crippen LogP contribution in [0.15, 0.2) is 42.6 Å². The van der Waals surface area contributed by atoms with Crippen molar-refractivity contribution in [1.29, 1.82) is 5.26 Å². The van der Waals surface area contributed by atoms with Gasteiger partial charge in [0.15, 0.2) is 0 Å². The van der Waals surface area contributed by atoms with Crippen LogP contribution in [0.4, 0.5) is 5.82 Å². The van der Waals surface area contributed by atoms with Crippen molar-refractivity contribution < 1.29 is 0 Å². The van der Waals surface area contributed by atoms with E-state index in [9.17, 15) is 5.26 Å². The average molecular weight is 251 g/mol. The van der Waals surface area contributed by atoms with Gasteiger partial charge in [-0.05, 0) is 32.4 Å². The lowest BCUT2D eigenvalue weighted by molar-refractivity contribution is 0.630. The van der Waals surface area contributed by atoms with E-state index < -0.39 is 0 Å². The Morgan fingerprint density at radius 1 is 1.11 bits per heavy atom. The number of aromatic nitrogens is 1. The smallest absolute Gasteiger partial charge is 0.144 e. The van der Waals surface area contributed by atoms with E-state index in [1.165, 1.54) is 0 Å². The van der Waals surface area contributed by atoms with Crippen LogP contribution in [0.5, 0.6) is 0 Å². The minimum Gasteiger partial charge on any atom is -0.364 e. The Labute approximate surface area is 113 Å². The molecule has 0 saturated heterocycles. The standard InChI is InChI=1S/C16H17N3/c1-16(2,3)19-15-13(10-17)9-14(11-18-15)12-7-5-4-6-8-12/h4-9,11H,1-3H3,(H,18,19). The van der Waals surface area contributed by atoms with E-state index in [0.29, 0.717) is 11.4 Å². The van der Waals surface area contributed by atoms with Crippen molar-refractivity contribution >= 4 is 5.82 Å². The highest BCUT2D eigenvalue weighted by Gasteiger charge is 2.14. The van der Waals surface area contributed by atoms with E-state index in [1.807, 2.05) is 57.2 Å². The molecule has 3 heteroatoms. The van der Waals surface area contributed by atoms with Crippen LogP contribution in [-0.2, 0) is 0 Å². The third-order valence-electron chi connectivity index (χ3n) is 2.61. The molecule has 0 fully saturated rings. The van der Waals surface area contributed by atoms with Gasteiger partial charge in [0.1, 0.15) is 11.9 Å². The molecule has 0 aliphatic rings. The number of hydrogen-bond donors (Lipinski definition) is 1. The van der Waals surface area contributed by atoms with E-state index in [4.69, 9.17) is 0 Å². The average Bonchev–Trinajstić information content (AvgIpc) is 2.38. The molecule has 1 aromatic carbocycles. The van der Waals surface area contributed by atoms with Crippen molar-refractivity contribution in [3.05, 3.63) is 48.2 Å². The topological polar surface area (TPSA) is 48.7 Å². The monoisotopic (exact) mass is 251 g/mol. The second kappa shape index (κ2) is 5.11. The lowest BCUT2D eigenvalue weighted by atomic mass is 10.0. The highest BCUT2D eigenvalue weighted by molar-refractivity contribution is 5.67. The van der Waals surface area contributed by atoms with Crippen LogP contribution in [0.1, 0.15) is 26.3 Å². The highest BCUT2D eigenvalue weighted by atomic mass is 15.0. The maximum atomic E-state index is 9.26. The molecule has 96 valence electrons.